The second-order valence-corrected chi connectivity index (χ2v) is 9.95. The first-order valence-electron chi connectivity index (χ1n) is 11.7. The Balaban J connectivity index is 1.36. The van der Waals surface area contributed by atoms with Crippen LogP contribution in [0.5, 0.6) is 5.75 Å². The lowest BCUT2D eigenvalue weighted by atomic mass is 9.90. The number of likely N-dealkylation sites (tertiary alicyclic amines) is 1. The van der Waals surface area contributed by atoms with Crippen molar-refractivity contribution in [2.24, 2.45) is 10.7 Å². The lowest BCUT2D eigenvalue weighted by Gasteiger charge is -2.40. The quantitative estimate of drug-likeness (QED) is 0.415. The maximum atomic E-state index is 14.0. The van der Waals surface area contributed by atoms with Gasteiger partial charge in [-0.25, -0.2) is 23.2 Å². The molecule has 0 spiro atoms. The van der Waals surface area contributed by atoms with Gasteiger partial charge in [0.25, 0.3) is 0 Å². The van der Waals surface area contributed by atoms with Crippen LogP contribution < -0.4 is 10.5 Å². The molecule has 10 heteroatoms. The summed E-state index contributed by atoms with van der Waals surface area (Å²) in [5.41, 5.74) is 8.99. The summed E-state index contributed by atoms with van der Waals surface area (Å²) in [5, 5.41) is 4.59. The molecular formula is C26H27F2N5O3. The van der Waals surface area contributed by atoms with Crippen molar-refractivity contribution >= 4 is 17.7 Å². The Morgan fingerprint density at radius 1 is 1.19 bits per heavy atom. The molecular weight excluding hydrogens is 468 g/mol. The first-order chi connectivity index (χ1) is 17.1. The number of fused-ring (bicyclic) bond motifs is 3. The van der Waals surface area contributed by atoms with Gasteiger partial charge in [0.2, 0.25) is 5.96 Å². The van der Waals surface area contributed by atoms with Crippen LogP contribution in [0.15, 0.2) is 47.6 Å². The zero-order valence-corrected chi connectivity index (χ0v) is 20.3. The summed E-state index contributed by atoms with van der Waals surface area (Å²) in [4.78, 5) is 18.0. The first-order valence-corrected chi connectivity index (χ1v) is 11.7. The van der Waals surface area contributed by atoms with Gasteiger partial charge in [0, 0.05) is 48.8 Å². The number of carbonyl (C=O) groups excluding carboxylic acids is 1. The van der Waals surface area contributed by atoms with E-state index < -0.39 is 17.2 Å². The van der Waals surface area contributed by atoms with E-state index in [2.05, 4.69) is 10.1 Å². The van der Waals surface area contributed by atoms with E-state index in [0.29, 0.717) is 37.6 Å². The van der Waals surface area contributed by atoms with Gasteiger partial charge in [0.15, 0.2) is 5.82 Å². The highest BCUT2D eigenvalue weighted by Gasteiger charge is 2.35. The Kier molecular flexibility index (Phi) is 5.89. The highest BCUT2D eigenvalue weighted by molar-refractivity contribution is 5.84. The van der Waals surface area contributed by atoms with Gasteiger partial charge < -0.3 is 20.1 Å². The fourth-order valence-corrected chi connectivity index (χ4v) is 4.23. The van der Waals surface area contributed by atoms with Crippen LogP contribution in [0.3, 0.4) is 0 Å². The van der Waals surface area contributed by atoms with E-state index in [1.54, 1.807) is 11.1 Å². The molecule has 0 unspecified atom stereocenters. The second-order valence-electron chi connectivity index (χ2n) is 9.95. The molecule has 1 aromatic heterocycles. The molecule has 2 N–H and O–H groups in total. The van der Waals surface area contributed by atoms with E-state index >= 15 is 0 Å². The van der Waals surface area contributed by atoms with Gasteiger partial charge in [-0.1, -0.05) is 6.07 Å². The lowest BCUT2D eigenvalue weighted by molar-refractivity contribution is 0.00818. The van der Waals surface area contributed by atoms with Crippen molar-refractivity contribution in [1.82, 2.24) is 14.7 Å². The number of hydrogen-bond donors (Lipinski definition) is 1. The number of amides is 1. The summed E-state index contributed by atoms with van der Waals surface area (Å²) in [6, 6.07) is 9.05. The monoisotopic (exact) mass is 495 g/mol. The minimum atomic E-state index is -0.806. The summed E-state index contributed by atoms with van der Waals surface area (Å²) >= 11 is 0. The summed E-state index contributed by atoms with van der Waals surface area (Å²) in [5.74, 6) is -0.637. The highest BCUT2D eigenvalue weighted by atomic mass is 19.1. The molecule has 188 valence electrons. The third-order valence-corrected chi connectivity index (χ3v) is 6.06. The Morgan fingerprint density at radius 3 is 2.69 bits per heavy atom. The van der Waals surface area contributed by atoms with Crippen molar-refractivity contribution in [3.8, 4) is 17.0 Å². The van der Waals surface area contributed by atoms with Crippen LogP contribution in [0.2, 0.25) is 0 Å². The molecule has 2 aromatic carbocycles. The van der Waals surface area contributed by atoms with Crippen LogP contribution in [-0.4, -0.2) is 52.0 Å². The van der Waals surface area contributed by atoms with Gasteiger partial charge in [0.05, 0.1) is 12.3 Å². The van der Waals surface area contributed by atoms with Crippen LogP contribution in [0, 0.1) is 11.6 Å². The summed E-state index contributed by atoms with van der Waals surface area (Å²) in [7, 11) is 0. The molecule has 36 heavy (non-hydrogen) atoms. The summed E-state index contributed by atoms with van der Waals surface area (Å²) < 4.78 is 40.0. The van der Waals surface area contributed by atoms with E-state index in [9.17, 15) is 13.6 Å². The smallest absolute Gasteiger partial charge is 0.410 e. The van der Waals surface area contributed by atoms with Gasteiger partial charge in [-0.3, -0.25) is 0 Å². The maximum Gasteiger partial charge on any atom is 0.410 e. The van der Waals surface area contributed by atoms with Gasteiger partial charge in [-0.05, 0) is 50.6 Å². The predicted octanol–water partition coefficient (Wildman–Crippen LogP) is 4.59. The number of carbonyl (C=O) groups is 1. The van der Waals surface area contributed by atoms with Crippen molar-refractivity contribution in [3.63, 3.8) is 0 Å². The number of aliphatic imine (C=N–C) groups is 1. The molecule has 3 heterocycles. The average Bonchev–Trinajstić information content (AvgIpc) is 3.10. The van der Waals surface area contributed by atoms with Crippen molar-refractivity contribution < 1.29 is 23.0 Å². The molecule has 0 atom stereocenters. The maximum absolute atomic E-state index is 14.0. The summed E-state index contributed by atoms with van der Waals surface area (Å²) in [6.07, 6.45) is 2.04. The SMILES string of the molecule is CC(C)(C)OC(=O)N1CC(c2ccc3c(c2)OCCc2cn(C(N)=Nc4ccc(F)cc4F)nc2-3)C1. The second kappa shape index (κ2) is 8.92. The van der Waals surface area contributed by atoms with Gasteiger partial charge in [-0.2, -0.15) is 5.10 Å². The molecule has 2 aliphatic rings. The molecule has 8 nitrogen and oxygen atoms in total. The number of halogens is 2. The van der Waals surface area contributed by atoms with E-state index in [1.165, 1.54) is 10.7 Å². The molecule has 0 bridgehead atoms. The zero-order chi connectivity index (χ0) is 25.6. The normalized spacial score (nSPS) is 15.9. The molecule has 0 radical (unpaired) electrons. The van der Waals surface area contributed by atoms with E-state index in [1.807, 2.05) is 39.0 Å². The Hall–Kier alpha value is -3.95. The fraction of sp³-hybridized carbons (Fsp3) is 0.346. The van der Waals surface area contributed by atoms with Gasteiger partial charge in [0.1, 0.15) is 22.9 Å². The van der Waals surface area contributed by atoms with Gasteiger partial charge >= 0.3 is 6.09 Å². The van der Waals surface area contributed by atoms with E-state index in [-0.39, 0.29) is 23.7 Å². The van der Waals surface area contributed by atoms with Crippen LogP contribution in [0.25, 0.3) is 11.3 Å². The van der Waals surface area contributed by atoms with E-state index in [4.69, 9.17) is 15.2 Å². The van der Waals surface area contributed by atoms with Crippen molar-refractivity contribution in [2.45, 2.75) is 38.7 Å². The number of ether oxygens (including phenoxy) is 2. The third-order valence-electron chi connectivity index (χ3n) is 6.06. The number of hydrogen-bond acceptors (Lipinski definition) is 5. The predicted molar refractivity (Wildman–Crippen MR) is 130 cm³/mol. The standard InChI is InChI=1S/C26H27F2N5O3/c1-26(2,3)36-25(34)32-12-17(13-32)15-4-6-19-22(10-15)35-9-8-16-14-33(31-23(16)19)24(29)30-21-7-5-18(27)11-20(21)28/h4-7,10-11,14,17H,8-9,12-13H2,1-3H3,(H2,29,30). The number of nitrogens with zero attached hydrogens (tertiary/aromatic N) is 4. The van der Waals surface area contributed by atoms with Crippen molar-refractivity contribution in [2.75, 3.05) is 19.7 Å². The molecule has 5 rings (SSSR count). The molecule has 1 fully saturated rings. The van der Waals surface area contributed by atoms with Crippen molar-refractivity contribution in [3.05, 3.63) is 65.4 Å². The van der Waals surface area contributed by atoms with Gasteiger partial charge in [-0.15, -0.1) is 0 Å². The Morgan fingerprint density at radius 2 is 1.97 bits per heavy atom. The number of nitrogens with two attached hydrogens (primary N) is 1. The average molecular weight is 496 g/mol. The van der Waals surface area contributed by atoms with Crippen LogP contribution in [-0.2, 0) is 11.2 Å². The highest BCUT2D eigenvalue weighted by Crippen LogP contribution is 2.38. The molecule has 2 aliphatic heterocycles. The number of rotatable bonds is 2. The zero-order valence-electron chi connectivity index (χ0n) is 20.3. The topological polar surface area (TPSA) is 95.0 Å². The molecule has 3 aromatic rings. The summed E-state index contributed by atoms with van der Waals surface area (Å²) in [6.45, 7) is 7.17. The lowest BCUT2D eigenvalue weighted by Crippen LogP contribution is -2.50. The number of aromatic nitrogens is 2. The Bertz CT molecular complexity index is 1360. The van der Waals surface area contributed by atoms with Crippen molar-refractivity contribution in [1.29, 1.82) is 0 Å². The van der Waals surface area contributed by atoms with Crippen LogP contribution in [0.4, 0.5) is 19.3 Å². The molecule has 0 saturated carbocycles. The minimum Gasteiger partial charge on any atom is -0.493 e. The van der Waals surface area contributed by atoms with Crippen LogP contribution >= 0.6 is 0 Å². The molecule has 1 amide bonds. The first kappa shape index (κ1) is 23.8. The Labute approximate surface area is 207 Å². The van der Waals surface area contributed by atoms with Crippen LogP contribution in [0.1, 0.15) is 37.8 Å². The molecule has 0 aliphatic carbocycles. The minimum absolute atomic E-state index is 0.0376. The number of benzene rings is 2. The van der Waals surface area contributed by atoms with E-state index in [0.717, 1.165) is 28.8 Å². The third kappa shape index (κ3) is 4.75. The fourth-order valence-electron chi connectivity index (χ4n) is 4.23. The molecule has 1 saturated heterocycles. The largest absolute Gasteiger partial charge is 0.493 e.